The third kappa shape index (κ3) is 4.29. The molecule has 2 N–H and O–H groups in total. The molecule has 0 aliphatic heterocycles. The number of rotatable bonds is 6. The smallest absolute Gasteiger partial charge is 0.326 e. The number of hydrogen-bond acceptors (Lipinski definition) is 4. The van der Waals surface area contributed by atoms with Crippen molar-refractivity contribution in [3.05, 3.63) is 29.3 Å². The van der Waals surface area contributed by atoms with Gasteiger partial charge >= 0.3 is 5.97 Å². The Bertz CT molecular complexity index is 651. The number of carboxylic acids is 1. The second kappa shape index (κ2) is 6.71. The van der Waals surface area contributed by atoms with Crippen molar-refractivity contribution < 1.29 is 23.1 Å². The number of aryl methyl sites for hydroxylation is 1. The van der Waals surface area contributed by atoms with Crippen LogP contribution in [0.4, 0.5) is 0 Å². The monoisotopic (exact) mass is 313 g/mol. The number of benzene rings is 1. The first-order valence-electron chi connectivity index (χ1n) is 6.57. The predicted octanol–water partition coefficient (Wildman–Crippen LogP) is 1.25. The summed E-state index contributed by atoms with van der Waals surface area (Å²) in [6.45, 7) is 3.48. The number of amides is 1. The zero-order valence-electron chi connectivity index (χ0n) is 12.2. The summed E-state index contributed by atoms with van der Waals surface area (Å²) in [5, 5.41) is 11.4. The molecule has 1 aromatic rings. The minimum atomic E-state index is -3.43. The molecule has 116 valence electrons. The largest absolute Gasteiger partial charge is 0.480 e. The Morgan fingerprint density at radius 1 is 1.29 bits per heavy atom. The van der Waals surface area contributed by atoms with Crippen LogP contribution >= 0.6 is 0 Å². The van der Waals surface area contributed by atoms with Crippen LogP contribution in [0.1, 0.15) is 36.2 Å². The minimum Gasteiger partial charge on any atom is -0.480 e. The zero-order valence-corrected chi connectivity index (χ0v) is 13.0. The molecule has 0 saturated heterocycles. The topological polar surface area (TPSA) is 101 Å². The highest BCUT2D eigenvalue weighted by atomic mass is 32.2. The quantitative estimate of drug-likeness (QED) is 0.823. The summed E-state index contributed by atoms with van der Waals surface area (Å²) in [4.78, 5) is 23.2. The number of carboxylic acid groups (broad SMARTS) is 1. The molecule has 6 nitrogen and oxygen atoms in total. The molecule has 0 fully saturated rings. The van der Waals surface area contributed by atoms with Crippen molar-refractivity contribution in [1.29, 1.82) is 0 Å². The fraction of sp³-hybridized carbons (Fsp3) is 0.429. The van der Waals surface area contributed by atoms with Gasteiger partial charge in [0.05, 0.1) is 4.90 Å². The van der Waals surface area contributed by atoms with E-state index in [0.29, 0.717) is 12.0 Å². The van der Waals surface area contributed by atoms with E-state index in [1.807, 2.05) is 6.92 Å². The SMILES string of the molecule is CCc1ccc(S(C)(=O)=O)cc1C(=O)NC(CC)C(=O)O. The van der Waals surface area contributed by atoms with Gasteiger partial charge in [0.2, 0.25) is 0 Å². The highest BCUT2D eigenvalue weighted by Gasteiger charge is 2.21. The second-order valence-corrected chi connectivity index (χ2v) is 6.73. The molecule has 0 heterocycles. The molecule has 0 aliphatic rings. The molecule has 0 aromatic heterocycles. The lowest BCUT2D eigenvalue weighted by Crippen LogP contribution is -2.40. The van der Waals surface area contributed by atoms with Gasteiger partial charge in [0, 0.05) is 11.8 Å². The number of carbonyl (C=O) groups excluding carboxylic acids is 1. The molecule has 7 heteroatoms. The summed E-state index contributed by atoms with van der Waals surface area (Å²) in [6, 6.07) is 3.31. The Labute approximate surface area is 124 Å². The third-order valence-corrected chi connectivity index (χ3v) is 4.26. The van der Waals surface area contributed by atoms with Gasteiger partial charge < -0.3 is 10.4 Å². The highest BCUT2D eigenvalue weighted by molar-refractivity contribution is 7.90. The van der Waals surface area contributed by atoms with E-state index in [1.54, 1.807) is 13.0 Å². The number of nitrogens with one attached hydrogen (secondary N) is 1. The molecule has 1 amide bonds. The van der Waals surface area contributed by atoms with Crippen LogP contribution in [0.5, 0.6) is 0 Å². The Balaban J connectivity index is 3.21. The van der Waals surface area contributed by atoms with Crippen LogP contribution < -0.4 is 5.32 Å². The first-order chi connectivity index (χ1) is 9.70. The molecule has 21 heavy (non-hydrogen) atoms. The maximum atomic E-state index is 12.2. The average molecular weight is 313 g/mol. The standard InChI is InChI=1S/C14H19NO5S/c1-4-9-6-7-10(21(3,19)20)8-11(9)13(16)15-12(5-2)14(17)18/h6-8,12H,4-5H2,1-3H3,(H,15,16)(H,17,18). The van der Waals surface area contributed by atoms with Crippen molar-refractivity contribution in [3.63, 3.8) is 0 Å². The maximum Gasteiger partial charge on any atom is 0.326 e. The van der Waals surface area contributed by atoms with Gasteiger partial charge in [0.25, 0.3) is 5.91 Å². The maximum absolute atomic E-state index is 12.2. The van der Waals surface area contributed by atoms with Gasteiger partial charge in [-0.2, -0.15) is 0 Å². The van der Waals surface area contributed by atoms with Crippen LogP contribution in [-0.4, -0.2) is 37.7 Å². The van der Waals surface area contributed by atoms with Gasteiger partial charge in [-0.25, -0.2) is 13.2 Å². The number of aliphatic carboxylic acids is 1. The van der Waals surface area contributed by atoms with E-state index in [4.69, 9.17) is 5.11 Å². The lowest BCUT2D eigenvalue weighted by molar-refractivity contribution is -0.139. The molecular formula is C14H19NO5S. The van der Waals surface area contributed by atoms with Crippen LogP contribution in [0.2, 0.25) is 0 Å². The van der Waals surface area contributed by atoms with E-state index in [0.717, 1.165) is 6.26 Å². The van der Waals surface area contributed by atoms with Crippen LogP contribution in [0.3, 0.4) is 0 Å². The van der Waals surface area contributed by atoms with Gasteiger partial charge in [0.15, 0.2) is 9.84 Å². The molecule has 0 radical (unpaired) electrons. The zero-order chi connectivity index (χ0) is 16.2. The molecule has 0 bridgehead atoms. The molecular weight excluding hydrogens is 294 g/mol. The molecule has 1 atom stereocenters. The molecule has 0 spiro atoms. The normalized spacial score (nSPS) is 12.7. The molecule has 0 aliphatic carbocycles. The van der Waals surface area contributed by atoms with Crippen LogP contribution in [0.25, 0.3) is 0 Å². The third-order valence-electron chi connectivity index (χ3n) is 3.15. The van der Waals surface area contributed by atoms with Gasteiger partial charge in [-0.15, -0.1) is 0 Å². The van der Waals surface area contributed by atoms with E-state index in [-0.39, 0.29) is 16.9 Å². The van der Waals surface area contributed by atoms with Crippen molar-refractivity contribution in [2.75, 3.05) is 6.26 Å². The van der Waals surface area contributed by atoms with Gasteiger partial charge in [-0.3, -0.25) is 4.79 Å². The molecule has 1 rings (SSSR count). The highest BCUT2D eigenvalue weighted by Crippen LogP contribution is 2.17. The minimum absolute atomic E-state index is 0.0354. The lowest BCUT2D eigenvalue weighted by atomic mass is 10.0. The van der Waals surface area contributed by atoms with E-state index < -0.39 is 27.8 Å². The Morgan fingerprint density at radius 3 is 2.33 bits per heavy atom. The second-order valence-electron chi connectivity index (χ2n) is 4.72. The van der Waals surface area contributed by atoms with Crippen molar-refractivity contribution in [2.45, 2.75) is 37.6 Å². The van der Waals surface area contributed by atoms with E-state index in [9.17, 15) is 18.0 Å². The lowest BCUT2D eigenvalue weighted by Gasteiger charge is -2.15. The first-order valence-corrected chi connectivity index (χ1v) is 8.46. The van der Waals surface area contributed by atoms with Crippen molar-refractivity contribution in [3.8, 4) is 0 Å². The van der Waals surface area contributed by atoms with Crippen LogP contribution in [0.15, 0.2) is 23.1 Å². The van der Waals surface area contributed by atoms with Gasteiger partial charge in [-0.05, 0) is 30.5 Å². The Morgan fingerprint density at radius 2 is 1.90 bits per heavy atom. The Hall–Kier alpha value is -1.89. The number of hydrogen-bond donors (Lipinski definition) is 2. The molecule has 0 saturated carbocycles. The summed E-state index contributed by atoms with van der Waals surface area (Å²) < 4.78 is 23.1. The van der Waals surface area contributed by atoms with Crippen LogP contribution in [-0.2, 0) is 21.1 Å². The van der Waals surface area contributed by atoms with Crippen molar-refractivity contribution >= 4 is 21.7 Å². The predicted molar refractivity (Wildman–Crippen MR) is 78.1 cm³/mol. The van der Waals surface area contributed by atoms with E-state index in [1.165, 1.54) is 12.1 Å². The van der Waals surface area contributed by atoms with E-state index in [2.05, 4.69) is 5.32 Å². The Kier molecular flexibility index (Phi) is 5.48. The van der Waals surface area contributed by atoms with E-state index >= 15 is 0 Å². The van der Waals surface area contributed by atoms with Gasteiger partial charge in [-0.1, -0.05) is 19.9 Å². The summed E-state index contributed by atoms with van der Waals surface area (Å²) in [5.74, 6) is -1.70. The first kappa shape index (κ1) is 17.2. The summed E-state index contributed by atoms with van der Waals surface area (Å²) in [5.41, 5.74) is 0.861. The van der Waals surface area contributed by atoms with Crippen molar-refractivity contribution in [2.24, 2.45) is 0 Å². The van der Waals surface area contributed by atoms with Crippen LogP contribution in [0, 0.1) is 0 Å². The molecule has 1 unspecified atom stereocenters. The summed E-state index contributed by atoms with van der Waals surface area (Å²) in [6.07, 6.45) is 1.84. The summed E-state index contributed by atoms with van der Waals surface area (Å²) >= 11 is 0. The molecule has 1 aromatic carbocycles. The fourth-order valence-corrected chi connectivity index (χ4v) is 2.53. The van der Waals surface area contributed by atoms with Gasteiger partial charge in [0.1, 0.15) is 6.04 Å². The van der Waals surface area contributed by atoms with Crippen molar-refractivity contribution in [1.82, 2.24) is 5.32 Å². The fourth-order valence-electron chi connectivity index (χ4n) is 1.88. The summed E-state index contributed by atoms with van der Waals surface area (Å²) in [7, 11) is -3.43. The number of sulfone groups is 1. The number of carbonyl (C=O) groups is 2. The average Bonchev–Trinajstić information content (AvgIpc) is 2.42.